The van der Waals surface area contributed by atoms with E-state index in [0.29, 0.717) is 33.5 Å². The Bertz CT molecular complexity index is 741. The Morgan fingerprint density at radius 2 is 1.62 bits per heavy atom. The molecule has 2 aromatic rings. The summed E-state index contributed by atoms with van der Waals surface area (Å²) in [4.78, 5) is 12.0. The molecule has 2 rings (SSSR count). The minimum absolute atomic E-state index is 0.269. The molecule has 126 valence electrons. The molecule has 0 aromatic heterocycles. The fourth-order valence-electron chi connectivity index (χ4n) is 2.14. The Morgan fingerprint density at radius 1 is 0.958 bits per heavy atom. The number of nitrogens with one attached hydrogen (secondary N) is 1. The van der Waals surface area contributed by atoms with Crippen LogP contribution in [0.25, 0.3) is 6.08 Å². The number of rotatable bonds is 6. The highest BCUT2D eigenvalue weighted by Crippen LogP contribution is 2.40. The SMILES string of the molecule is COc1ccc(/C=C/C(=O)Nc2ccc(Cl)cc2)c(OC)c1OC. The Hall–Kier alpha value is -2.66. The maximum Gasteiger partial charge on any atom is 0.248 e. The third-order valence-corrected chi connectivity index (χ3v) is 3.51. The molecule has 0 aliphatic heterocycles. The molecule has 0 saturated heterocycles. The van der Waals surface area contributed by atoms with E-state index in [1.54, 1.807) is 49.6 Å². The van der Waals surface area contributed by atoms with Gasteiger partial charge in [0.1, 0.15) is 0 Å². The molecule has 0 fully saturated rings. The van der Waals surface area contributed by atoms with Crippen LogP contribution in [0, 0.1) is 0 Å². The molecule has 1 amide bonds. The second kappa shape index (κ2) is 8.26. The van der Waals surface area contributed by atoms with Crippen molar-refractivity contribution in [1.29, 1.82) is 0 Å². The molecule has 0 radical (unpaired) electrons. The van der Waals surface area contributed by atoms with Crippen LogP contribution in [0.1, 0.15) is 5.56 Å². The van der Waals surface area contributed by atoms with E-state index < -0.39 is 0 Å². The first kappa shape index (κ1) is 17.7. The number of amides is 1. The van der Waals surface area contributed by atoms with Crippen molar-refractivity contribution < 1.29 is 19.0 Å². The van der Waals surface area contributed by atoms with Crippen LogP contribution in [-0.2, 0) is 4.79 Å². The Kier molecular flexibility index (Phi) is 6.09. The maximum atomic E-state index is 12.0. The van der Waals surface area contributed by atoms with Crippen molar-refractivity contribution >= 4 is 29.3 Å². The van der Waals surface area contributed by atoms with E-state index in [2.05, 4.69) is 5.32 Å². The third kappa shape index (κ3) is 4.20. The summed E-state index contributed by atoms with van der Waals surface area (Å²) in [5.41, 5.74) is 1.36. The number of hydrogen-bond acceptors (Lipinski definition) is 4. The highest BCUT2D eigenvalue weighted by Gasteiger charge is 2.14. The van der Waals surface area contributed by atoms with Crippen LogP contribution in [0.3, 0.4) is 0 Å². The van der Waals surface area contributed by atoms with Gasteiger partial charge in [0.15, 0.2) is 11.5 Å². The van der Waals surface area contributed by atoms with E-state index in [1.165, 1.54) is 20.3 Å². The van der Waals surface area contributed by atoms with Crippen LogP contribution in [0.2, 0.25) is 5.02 Å². The number of hydrogen-bond donors (Lipinski definition) is 1. The lowest BCUT2D eigenvalue weighted by molar-refractivity contribution is -0.111. The van der Waals surface area contributed by atoms with Gasteiger partial charge in [0, 0.05) is 22.3 Å². The molecule has 2 aromatic carbocycles. The summed E-state index contributed by atoms with van der Waals surface area (Å²) < 4.78 is 15.9. The molecule has 0 atom stereocenters. The number of carbonyl (C=O) groups excluding carboxylic acids is 1. The lowest BCUT2D eigenvalue weighted by Gasteiger charge is -2.13. The average Bonchev–Trinajstić information content (AvgIpc) is 2.60. The first-order valence-electron chi connectivity index (χ1n) is 7.12. The maximum absolute atomic E-state index is 12.0. The van der Waals surface area contributed by atoms with E-state index in [-0.39, 0.29) is 5.91 Å². The zero-order chi connectivity index (χ0) is 17.5. The van der Waals surface area contributed by atoms with Gasteiger partial charge in [-0.2, -0.15) is 0 Å². The van der Waals surface area contributed by atoms with Crippen LogP contribution in [0.15, 0.2) is 42.5 Å². The summed E-state index contributed by atoms with van der Waals surface area (Å²) in [5, 5.41) is 3.36. The van der Waals surface area contributed by atoms with E-state index >= 15 is 0 Å². The predicted octanol–water partition coefficient (Wildman–Crippen LogP) is 4.02. The summed E-state index contributed by atoms with van der Waals surface area (Å²) in [5.74, 6) is 1.25. The van der Waals surface area contributed by atoms with Gasteiger partial charge in [-0.15, -0.1) is 0 Å². The molecule has 5 nitrogen and oxygen atoms in total. The van der Waals surface area contributed by atoms with Gasteiger partial charge in [-0.1, -0.05) is 11.6 Å². The molecule has 1 N–H and O–H groups in total. The number of ether oxygens (including phenoxy) is 3. The second-order valence-electron chi connectivity index (χ2n) is 4.75. The fraction of sp³-hybridized carbons (Fsp3) is 0.167. The van der Waals surface area contributed by atoms with Gasteiger partial charge in [-0.05, 0) is 42.5 Å². The molecule has 0 spiro atoms. The normalized spacial score (nSPS) is 10.5. The summed E-state index contributed by atoms with van der Waals surface area (Å²) in [7, 11) is 4.61. The van der Waals surface area contributed by atoms with Gasteiger partial charge in [-0.25, -0.2) is 0 Å². The number of benzene rings is 2. The molecule has 24 heavy (non-hydrogen) atoms. The molecule has 6 heteroatoms. The van der Waals surface area contributed by atoms with Crippen molar-refractivity contribution in [2.45, 2.75) is 0 Å². The van der Waals surface area contributed by atoms with Crippen LogP contribution in [0.4, 0.5) is 5.69 Å². The van der Waals surface area contributed by atoms with E-state index in [0.717, 1.165) is 0 Å². The number of anilines is 1. The molecule has 0 heterocycles. The lowest BCUT2D eigenvalue weighted by Crippen LogP contribution is -2.07. The number of methoxy groups -OCH3 is 3. The van der Waals surface area contributed by atoms with Gasteiger partial charge in [-0.3, -0.25) is 4.79 Å². The standard InChI is InChI=1S/C18H18ClNO4/c1-22-15-10-4-12(17(23-2)18(15)24-3)5-11-16(21)20-14-8-6-13(19)7-9-14/h4-11H,1-3H3,(H,20,21)/b11-5+. The van der Waals surface area contributed by atoms with Crippen molar-refractivity contribution in [2.24, 2.45) is 0 Å². The average molecular weight is 348 g/mol. The largest absolute Gasteiger partial charge is 0.493 e. The Labute approximate surface area is 145 Å². The lowest BCUT2D eigenvalue weighted by atomic mass is 10.1. The number of halogens is 1. The van der Waals surface area contributed by atoms with Crippen molar-refractivity contribution in [1.82, 2.24) is 0 Å². The summed E-state index contributed by atoms with van der Waals surface area (Å²) >= 11 is 5.81. The van der Waals surface area contributed by atoms with Crippen molar-refractivity contribution in [3.8, 4) is 17.2 Å². The highest BCUT2D eigenvalue weighted by molar-refractivity contribution is 6.30. The van der Waals surface area contributed by atoms with Crippen LogP contribution >= 0.6 is 11.6 Å². The molecule has 0 unspecified atom stereocenters. The van der Waals surface area contributed by atoms with E-state index in [4.69, 9.17) is 25.8 Å². The molecule has 0 saturated carbocycles. The quantitative estimate of drug-likeness (QED) is 0.802. The topological polar surface area (TPSA) is 56.8 Å². The van der Waals surface area contributed by atoms with Crippen LogP contribution in [0.5, 0.6) is 17.2 Å². The minimum Gasteiger partial charge on any atom is -0.493 e. The van der Waals surface area contributed by atoms with Gasteiger partial charge in [0.05, 0.1) is 21.3 Å². The first-order valence-corrected chi connectivity index (χ1v) is 7.50. The van der Waals surface area contributed by atoms with Gasteiger partial charge >= 0.3 is 0 Å². The minimum atomic E-state index is -0.269. The predicted molar refractivity (Wildman–Crippen MR) is 95.2 cm³/mol. The molecular formula is C18H18ClNO4. The summed E-state index contributed by atoms with van der Waals surface area (Å²) in [6.07, 6.45) is 3.06. The zero-order valence-electron chi connectivity index (χ0n) is 13.6. The van der Waals surface area contributed by atoms with Gasteiger partial charge < -0.3 is 19.5 Å². The summed E-state index contributed by atoms with van der Waals surface area (Å²) in [6, 6.07) is 10.4. The molecule has 0 aliphatic carbocycles. The third-order valence-electron chi connectivity index (χ3n) is 3.26. The number of carbonyl (C=O) groups is 1. The smallest absolute Gasteiger partial charge is 0.248 e. The van der Waals surface area contributed by atoms with E-state index in [1.807, 2.05) is 0 Å². The second-order valence-corrected chi connectivity index (χ2v) is 5.19. The highest BCUT2D eigenvalue weighted by atomic mass is 35.5. The van der Waals surface area contributed by atoms with Gasteiger partial charge in [0.2, 0.25) is 11.7 Å². The van der Waals surface area contributed by atoms with Crippen molar-refractivity contribution in [3.05, 3.63) is 53.1 Å². The molecule has 0 aliphatic rings. The molecule has 0 bridgehead atoms. The van der Waals surface area contributed by atoms with Crippen molar-refractivity contribution in [2.75, 3.05) is 26.6 Å². The molecular weight excluding hydrogens is 330 g/mol. The fourth-order valence-corrected chi connectivity index (χ4v) is 2.26. The zero-order valence-corrected chi connectivity index (χ0v) is 14.4. The van der Waals surface area contributed by atoms with Crippen LogP contribution in [-0.4, -0.2) is 27.2 Å². The Morgan fingerprint density at radius 3 is 2.21 bits per heavy atom. The van der Waals surface area contributed by atoms with E-state index in [9.17, 15) is 4.79 Å². The summed E-state index contributed by atoms with van der Waals surface area (Å²) in [6.45, 7) is 0. The van der Waals surface area contributed by atoms with Crippen LogP contribution < -0.4 is 19.5 Å². The van der Waals surface area contributed by atoms with Crippen molar-refractivity contribution in [3.63, 3.8) is 0 Å². The first-order chi connectivity index (χ1) is 11.6. The monoisotopic (exact) mass is 347 g/mol. The Balaban J connectivity index is 2.18. The van der Waals surface area contributed by atoms with Gasteiger partial charge in [0.25, 0.3) is 0 Å².